The average molecular weight is 509 g/mol. The second-order valence-electron chi connectivity index (χ2n) is 10.4. The average Bonchev–Trinajstić information content (AvgIpc) is 3.38. The van der Waals surface area contributed by atoms with Crippen LogP contribution in [0.4, 0.5) is 5.69 Å². The number of fused-ring (bicyclic) bond motifs is 1. The van der Waals surface area contributed by atoms with E-state index in [1.807, 2.05) is 53.3 Å². The van der Waals surface area contributed by atoms with Gasteiger partial charge in [-0.15, -0.1) is 0 Å². The van der Waals surface area contributed by atoms with Gasteiger partial charge in [0, 0.05) is 24.8 Å². The van der Waals surface area contributed by atoms with Gasteiger partial charge in [-0.05, 0) is 72.4 Å². The topological polar surface area (TPSA) is 69.8 Å². The lowest BCUT2D eigenvalue weighted by molar-refractivity contribution is -0.153. The molecule has 5 aromatic rings. The van der Waals surface area contributed by atoms with Crippen molar-refractivity contribution < 1.29 is 4.74 Å². The first-order valence-corrected chi connectivity index (χ1v) is 13.5. The van der Waals surface area contributed by atoms with E-state index < -0.39 is 0 Å². The molecule has 7 nitrogen and oxygen atoms in total. The Balaban J connectivity index is 1.10. The lowest BCUT2D eigenvalue weighted by atomic mass is 9.64. The lowest BCUT2D eigenvalue weighted by Crippen LogP contribution is -2.45. The molecule has 186 valence electrons. The van der Waals surface area contributed by atoms with E-state index in [1.165, 1.54) is 35.9 Å². The monoisotopic (exact) mass is 508 g/mol. The van der Waals surface area contributed by atoms with Crippen LogP contribution >= 0.6 is 11.9 Å². The standard InChI is InChI=1S/C29H28N6OS/c1-34-27-22(15-31-34)8-5-9-25(27)33-37-24-16-32-35(17-24)26-14-23(10-13-30-26)29(19-28(20-29)11-12-28)36-18-21-6-3-2-4-7-21/h2-10,13-17,33H,11-12,18-20H2,1H3. The maximum absolute atomic E-state index is 6.66. The Morgan fingerprint density at radius 3 is 2.70 bits per heavy atom. The molecule has 0 bridgehead atoms. The van der Waals surface area contributed by atoms with Crippen molar-refractivity contribution in [1.82, 2.24) is 24.5 Å². The summed E-state index contributed by atoms with van der Waals surface area (Å²) in [6.07, 6.45) is 12.4. The summed E-state index contributed by atoms with van der Waals surface area (Å²) in [6, 6.07) is 20.9. The fourth-order valence-electron chi connectivity index (χ4n) is 5.62. The van der Waals surface area contributed by atoms with Crippen LogP contribution in [0.5, 0.6) is 0 Å². The largest absolute Gasteiger partial charge is 0.366 e. The molecule has 2 aliphatic rings. The molecule has 0 saturated heterocycles. The van der Waals surface area contributed by atoms with E-state index in [-0.39, 0.29) is 5.60 Å². The number of rotatable bonds is 8. The maximum atomic E-state index is 6.66. The van der Waals surface area contributed by atoms with Gasteiger partial charge in [0.25, 0.3) is 0 Å². The molecule has 8 heteroatoms. The highest BCUT2D eigenvalue weighted by Gasteiger charge is 2.62. The van der Waals surface area contributed by atoms with Gasteiger partial charge in [0.1, 0.15) is 0 Å². The number of nitrogens with one attached hydrogen (secondary N) is 1. The molecular formula is C29H28N6OS. The van der Waals surface area contributed by atoms with Gasteiger partial charge in [0.15, 0.2) is 5.82 Å². The van der Waals surface area contributed by atoms with Gasteiger partial charge in [-0.25, -0.2) is 9.67 Å². The highest BCUT2D eigenvalue weighted by atomic mass is 32.2. The molecule has 3 heterocycles. The zero-order valence-electron chi connectivity index (χ0n) is 20.7. The zero-order valence-corrected chi connectivity index (χ0v) is 21.5. The summed E-state index contributed by atoms with van der Waals surface area (Å²) < 4.78 is 13.8. The SMILES string of the molecule is Cn1ncc2cccc(NSc3cnn(-c4cc(C5(OCc6ccccc6)CC6(CC6)C5)ccn4)c3)c21. The minimum Gasteiger partial charge on any atom is -0.366 e. The van der Waals surface area contributed by atoms with Crippen LogP contribution in [-0.4, -0.2) is 24.5 Å². The Morgan fingerprint density at radius 2 is 1.86 bits per heavy atom. The van der Waals surface area contributed by atoms with E-state index in [0.717, 1.165) is 40.1 Å². The van der Waals surface area contributed by atoms with Gasteiger partial charge in [-0.2, -0.15) is 10.2 Å². The Hall–Kier alpha value is -3.62. The zero-order chi connectivity index (χ0) is 24.9. The number of hydrogen-bond acceptors (Lipinski definition) is 6. The second-order valence-corrected chi connectivity index (χ2v) is 11.2. The number of ether oxygens (including phenoxy) is 1. The summed E-state index contributed by atoms with van der Waals surface area (Å²) in [5.74, 6) is 0.803. The highest BCUT2D eigenvalue weighted by Crippen LogP contribution is 2.69. The van der Waals surface area contributed by atoms with Crippen LogP contribution in [0.2, 0.25) is 0 Å². The van der Waals surface area contributed by atoms with E-state index in [4.69, 9.17) is 4.74 Å². The summed E-state index contributed by atoms with van der Waals surface area (Å²) in [4.78, 5) is 5.63. The molecule has 37 heavy (non-hydrogen) atoms. The molecule has 2 fully saturated rings. The van der Waals surface area contributed by atoms with Gasteiger partial charge in [-0.1, -0.05) is 42.5 Å². The Kier molecular flexibility index (Phi) is 5.33. The van der Waals surface area contributed by atoms with Crippen LogP contribution in [-0.2, 0) is 24.0 Å². The third-order valence-corrected chi connectivity index (χ3v) is 8.51. The molecule has 7 rings (SSSR count). The van der Waals surface area contributed by atoms with E-state index >= 15 is 0 Å². The molecule has 0 atom stereocenters. The maximum Gasteiger partial charge on any atom is 0.153 e. The van der Waals surface area contributed by atoms with Gasteiger partial charge < -0.3 is 9.46 Å². The molecule has 2 aliphatic carbocycles. The van der Waals surface area contributed by atoms with Gasteiger partial charge in [-0.3, -0.25) is 4.68 Å². The quantitative estimate of drug-likeness (QED) is 0.250. The van der Waals surface area contributed by atoms with E-state index in [9.17, 15) is 0 Å². The predicted octanol–water partition coefficient (Wildman–Crippen LogP) is 6.26. The minimum atomic E-state index is -0.252. The summed E-state index contributed by atoms with van der Waals surface area (Å²) in [5, 5.41) is 10.1. The van der Waals surface area contributed by atoms with E-state index in [1.54, 1.807) is 0 Å². The molecule has 2 saturated carbocycles. The first-order chi connectivity index (χ1) is 18.1. The smallest absolute Gasteiger partial charge is 0.153 e. The Bertz CT molecular complexity index is 1560. The Morgan fingerprint density at radius 1 is 1.00 bits per heavy atom. The van der Waals surface area contributed by atoms with Crippen molar-refractivity contribution in [3.05, 3.63) is 96.6 Å². The molecule has 3 aromatic heterocycles. The third kappa shape index (κ3) is 4.20. The van der Waals surface area contributed by atoms with Crippen LogP contribution < -0.4 is 4.72 Å². The van der Waals surface area contributed by atoms with Crippen LogP contribution in [0.25, 0.3) is 16.7 Å². The molecule has 0 unspecified atom stereocenters. The van der Waals surface area contributed by atoms with Gasteiger partial charge in [0.05, 0.1) is 40.7 Å². The van der Waals surface area contributed by atoms with Crippen LogP contribution in [0.3, 0.4) is 0 Å². The van der Waals surface area contributed by atoms with Crippen molar-refractivity contribution in [3.8, 4) is 5.82 Å². The highest BCUT2D eigenvalue weighted by molar-refractivity contribution is 8.00. The van der Waals surface area contributed by atoms with Crippen molar-refractivity contribution in [2.75, 3.05) is 4.72 Å². The summed E-state index contributed by atoms with van der Waals surface area (Å²) >= 11 is 1.53. The fraction of sp³-hybridized carbons (Fsp3) is 0.276. The number of pyridine rings is 1. The summed E-state index contributed by atoms with van der Waals surface area (Å²) in [5.41, 5.74) is 4.74. The van der Waals surface area contributed by atoms with Crippen molar-refractivity contribution in [3.63, 3.8) is 0 Å². The first-order valence-electron chi connectivity index (χ1n) is 12.6. The Labute approximate surface area is 220 Å². The summed E-state index contributed by atoms with van der Waals surface area (Å²) in [6.45, 7) is 0.617. The van der Waals surface area contributed by atoms with Crippen molar-refractivity contribution >= 4 is 28.5 Å². The van der Waals surface area contributed by atoms with Gasteiger partial charge in [0.2, 0.25) is 0 Å². The molecule has 0 radical (unpaired) electrons. The van der Waals surface area contributed by atoms with Crippen molar-refractivity contribution in [2.24, 2.45) is 12.5 Å². The molecule has 0 amide bonds. The number of aromatic nitrogens is 5. The van der Waals surface area contributed by atoms with Crippen LogP contribution in [0, 0.1) is 5.41 Å². The van der Waals surface area contributed by atoms with Gasteiger partial charge >= 0.3 is 0 Å². The fourth-order valence-corrected chi connectivity index (χ4v) is 6.26. The molecule has 1 spiro atoms. The normalized spacial score (nSPS) is 17.1. The second kappa shape index (κ2) is 8.75. The summed E-state index contributed by atoms with van der Waals surface area (Å²) in [7, 11) is 1.96. The predicted molar refractivity (Wildman–Crippen MR) is 145 cm³/mol. The number of benzene rings is 2. The lowest BCUT2D eigenvalue weighted by Gasteiger charge is -2.48. The third-order valence-electron chi connectivity index (χ3n) is 7.74. The number of aryl methyl sites for hydroxylation is 1. The number of hydrogen-bond donors (Lipinski definition) is 1. The van der Waals surface area contributed by atoms with Crippen LogP contribution in [0.15, 0.2) is 90.3 Å². The molecular weight excluding hydrogens is 480 g/mol. The van der Waals surface area contributed by atoms with E-state index in [2.05, 4.69) is 68.4 Å². The first kappa shape index (κ1) is 22.6. The van der Waals surface area contributed by atoms with Crippen molar-refractivity contribution in [2.45, 2.75) is 42.8 Å². The number of para-hydroxylation sites is 1. The van der Waals surface area contributed by atoms with Crippen molar-refractivity contribution in [1.29, 1.82) is 0 Å². The van der Waals surface area contributed by atoms with Crippen LogP contribution in [0.1, 0.15) is 36.8 Å². The minimum absolute atomic E-state index is 0.252. The number of anilines is 1. The molecule has 2 aromatic carbocycles. The van der Waals surface area contributed by atoms with E-state index in [0.29, 0.717) is 12.0 Å². The molecule has 1 N–H and O–H groups in total. The number of nitrogens with zero attached hydrogens (tertiary/aromatic N) is 5. The molecule has 0 aliphatic heterocycles.